The fraction of sp³-hybridized carbons (Fsp3) is 0.647. The third kappa shape index (κ3) is 5.01. The van der Waals surface area contributed by atoms with E-state index in [1.54, 1.807) is 11.4 Å². The van der Waals surface area contributed by atoms with E-state index >= 15 is 0 Å². The Morgan fingerprint density at radius 1 is 1.17 bits per heavy atom. The molecule has 1 aromatic carbocycles. The summed E-state index contributed by atoms with van der Waals surface area (Å²) < 4.78 is 36.7. The second-order valence-electron chi connectivity index (χ2n) is 6.19. The van der Waals surface area contributed by atoms with Gasteiger partial charge in [0.1, 0.15) is 0 Å². The van der Waals surface area contributed by atoms with Crippen LogP contribution in [0.25, 0.3) is 0 Å². The van der Waals surface area contributed by atoms with Gasteiger partial charge >= 0.3 is 0 Å². The Kier molecular flexibility index (Phi) is 6.59. The largest absolute Gasteiger partial charge is 0.382 e. The molecule has 0 amide bonds. The van der Waals surface area contributed by atoms with Crippen molar-refractivity contribution in [2.24, 2.45) is 0 Å². The normalized spacial score (nSPS) is 15.8. The van der Waals surface area contributed by atoms with E-state index in [1.165, 1.54) is 11.1 Å². The van der Waals surface area contributed by atoms with E-state index in [4.69, 9.17) is 9.47 Å². The molecule has 5 nitrogen and oxygen atoms in total. The van der Waals surface area contributed by atoms with Crippen LogP contribution in [0.15, 0.2) is 18.2 Å². The second kappa shape index (κ2) is 8.24. The third-order valence-corrected chi connectivity index (χ3v) is 5.97. The van der Waals surface area contributed by atoms with Gasteiger partial charge in [-0.25, -0.2) is 8.42 Å². The van der Waals surface area contributed by atoms with Gasteiger partial charge in [0.2, 0.25) is 10.0 Å². The van der Waals surface area contributed by atoms with Crippen molar-refractivity contribution >= 4 is 10.0 Å². The molecule has 0 fully saturated rings. The van der Waals surface area contributed by atoms with E-state index in [2.05, 4.69) is 32.0 Å². The van der Waals surface area contributed by atoms with Gasteiger partial charge in [-0.15, -0.1) is 0 Å². The zero-order valence-corrected chi connectivity index (χ0v) is 15.1. The number of hydrogen-bond donors (Lipinski definition) is 0. The standard InChI is InChI=1S/C17H27NO4S/c1-14(2)16-5-4-15-6-7-18(13-17(15)12-16)23(19,20)11-10-22-9-8-21-3/h4-5,12,14H,6-11,13H2,1-3H3. The quantitative estimate of drug-likeness (QED) is 0.680. The van der Waals surface area contributed by atoms with Crippen molar-refractivity contribution in [3.8, 4) is 0 Å². The minimum absolute atomic E-state index is 0.0237. The molecule has 130 valence electrons. The molecule has 23 heavy (non-hydrogen) atoms. The molecule has 1 aliphatic heterocycles. The summed E-state index contributed by atoms with van der Waals surface area (Å²) in [6.07, 6.45) is 0.775. The van der Waals surface area contributed by atoms with Gasteiger partial charge in [0.15, 0.2) is 0 Å². The topological polar surface area (TPSA) is 55.8 Å². The van der Waals surface area contributed by atoms with Gasteiger partial charge in [-0.1, -0.05) is 32.0 Å². The molecule has 0 saturated heterocycles. The molecular formula is C17H27NO4S. The molecule has 0 radical (unpaired) electrons. The first-order valence-electron chi connectivity index (χ1n) is 8.10. The molecule has 0 aliphatic carbocycles. The first-order valence-corrected chi connectivity index (χ1v) is 9.71. The SMILES string of the molecule is COCCOCCS(=O)(=O)N1CCc2ccc(C(C)C)cc2C1. The maximum atomic E-state index is 12.5. The number of sulfonamides is 1. The summed E-state index contributed by atoms with van der Waals surface area (Å²) >= 11 is 0. The molecule has 0 bridgehead atoms. The molecule has 1 aliphatic rings. The minimum Gasteiger partial charge on any atom is -0.382 e. The molecule has 0 saturated carbocycles. The summed E-state index contributed by atoms with van der Waals surface area (Å²) in [5.41, 5.74) is 3.65. The van der Waals surface area contributed by atoms with Crippen LogP contribution >= 0.6 is 0 Å². The fourth-order valence-electron chi connectivity index (χ4n) is 2.69. The van der Waals surface area contributed by atoms with Crippen LogP contribution in [0.3, 0.4) is 0 Å². The Hall–Kier alpha value is -0.950. The Balaban J connectivity index is 1.98. The number of fused-ring (bicyclic) bond motifs is 1. The lowest BCUT2D eigenvalue weighted by molar-refractivity contribution is 0.0781. The van der Waals surface area contributed by atoms with E-state index in [-0.39, 0.29) is 12.4 Å². The maximum absolute atomic E-state index is 12.5. The first-order chi connectivity index (χ1) is 10.9. The van der Waals surface area contributed by atoms with Crippen molar-refractivity contribution in [3.05, 3.63) is 34.9 Å². The Morgan fingerprint density at radius 2 is 1.96 bits per heavy atom. The number of nitrogens with zero attached hydrogens (tertiary/aromatic N) is 1. The van der Waals surface area contributed by atoms with Gasteiger partial charge in [0.25, 0.3) is 0 Å². The molecule has 0 atom stereocenters. The van der Waals surface area contributed by atoms with E-state index in [1.807, 2.05) is 0 Å². The highest BCUT2D eigenvalue weighted by Gasteiger charge is 2.26. The Labute approximate surface area is 139 Å². The van der Waals surface area contributed by atoms with E-state index < -0.39 is 10.0 Å². The van der Waals surface area contributed by atoms with Crippen LogP contribution in [0.1, 0.15) is 36.5 Å². The lowest BCUT2D eigenvalue weighted by atomic mass is 9.94. The van der Waals surface area contributed by atoms with Crippen LogP contribution in [-0.2, 0) is 32.5 Å². The summed E-state index contributed by atoms with van der Waals surface area (Å²) in [5.74, 6) is 0.470. The van der Waals surface area contributed by atoms with Crippen LogP contribution in [0.2, 0.25) is 0 Å². The molecular weight excluding hydrogens is 314 g/mol. The third-order valence-electron chi connectivity index (χ3n) is 4.19. The van der Waals surface area contributed by atoms with Gasteiger partial charge in [0.05, 0.1) is 25.6 Å². The molecule has 0 spiro atoms. The predicted octanol–water partition coefficient (Wildman–Crippen LogP) is 2.16. The molecule has 2 rings (SSSR count). The number of methoxy groups -OCH3 is 1. The lowest BCUT2D eigenvalue weighted by Gasteiger charge is -2.28. The highest BCUT2D eigenvalue weighted by molar-refractivity contribution is 7.89. The van der Waals surface area contributed by atoms with Crippen molar-refractivity contribution in [1.82, 2.24) is 4.31 Å². The molecule has 6 heteroatoms. The highest BCUT2D eigenvalue weighted by Crippen LogP contribution is 2.25. The summed E-state index contributed by atoms with van der Waals surface area (Å²) in [6, 6.07) is 6.44. The second-order valence-corrected chi connectivity index (χ2v) is 8.28. The van der Waals surface area contributed by atoms with Gasteiger partial charge in [-0.2, -0.15) is 4.31 Å². The number of hydrogen-bond acceptors (Lipinski definition) is 4. The molecule has 0 unspecified atom stereocenters. The van der Waals surface area contributed by atoms with Crippen LogP contribution < -0.4 is 0 Å². The van der Waals surface area contributed by atoms with Crippen LogP contribution in [-0.4, -0.2) is 52.0 Å². The average Bonchev–Trinajstić information content (AvgIpc) is 2.53. The maximum Gasteiger partial charge on any atom is 0.216 e. The Morgan fingerprint density at radius 3 is 2.65 bits per heavy atom. The fourth-order valence-corrected chi connectivity index (χ4v) is 3.98. The summed E-state index contributed by atoms with van der Waals surface area (Å²) in [4.78, 5) is 0. The first kappa shape index (κ1) is 18.4. The lowest BCUT2D eigenvalue weighted by Crippen LogP contribution is -2.38. The van der Waals surface area contributed by atoms with E-state index in [0.717, 1.165) is 12.0 Å². The Bertz CT molecular complexity index is 613. The van der Waals surface area contributed by atoms with Crippen LogP contribution in [0.4, 0.5) is 0 Å². The van der Waals surface area contributed by atoms with E-state index in [9.17, 15) is 8.42 Å². The molecule has 1 aromatic rings. The monoisotopic (exact) mass is 341 g/mol. The highest BCUT2D eigenvalue weighted by atomic mass is 32.2. The van der Waals surface area contributed by atoms with E-state index in [0.29, 0.717) is 32.2 Å². The zero-order chi connectivity index (χ0) is 16.9. The zero-order valence-electron chi connectivity index (χ0n) is 14.2. The summed E-state index contributed by atoms with van der Waals surface area (Å²) in [7, 11) is -1.68. The summed E-state index contributed by atoms with van der Waals surface area (Å²) in [6.45, 7) is 6.43. The van der Waals surface area contributed by atoms with Crippen molar-refractivity contribution in [1.29, 1.82) is 0 Å². The van der Waals surface area contributed by atoms with Crippen LogP contribution in [0, 0.1) is 0 Å². The molecule has 0 aromatic heterocycles. The number of benzene rings is 1. The number of ether oxygens (including phenoxy) is 2. The van der Waals surface area contributed by atoms with Gasteiger partial charge in [-0.05, 0) is 29.0 Å². The minimum atomic E-state index is -3.28. The number of rotatable bonds is 8. The predicted molar refractivity (Wildman–Crippen MR) is 91.1 cm³/mol. The van der Waals surface area contributed by atoms with Crippen molar-refractivity contribution in [3.63, 3.8) is 0 Å². The van der Waals surface area contributed by atoms with Crippen molar-refractivity contribution in [2.45, 2.75) is 32.7 Å². The molecule has 1 heterocycles. The van der Waals surface area contributed by atoms with Gasteiger partial charge in [0, 0.05) is 20.2 Å². The van der Waals surface area contributed by atoms with Gasteiger partial charge < -0.3 is 9.47 Å². The van der Waals surface area contributed by atoms with Crippen molar-refractivity contribution < 1.29 is 17.9 Å². The van der Waals surface area contributed by atoms with Crippen molar-refractivity contribution in [2.75, 3.05) is 39.2 Å². The summed E-state index contributed by atoms with van der Waals surface area (Å²) in [5, 5.41) is 0. The van der Waals surface area contributed by atoms with Gasteiger partial charge in [-0.3, -0.25) is 0 Å². The smallest absolute Gasteiger partial charge is 0.216 e. The average molecular weight is 341 g/mol. The van der Waals surface area contributed by atoms with Crippen LogP contribution in [0.5, 0.6) is 0 Å². The molecule has 0 N–H and O–H groups in total.